The van der Waals surface area contributed by atoms with Gasteiger partial charge in [-0.05, 0) is 18.8 Å². The van der Waals surface area contributed by atoms with Crippen LogP contribution in [0.15, 0.2) is 0 Å². The largest absolute Gasteiger partial charge is 0.396 e. The monoisotopic (exact) mass is 227 g/mol. The van der Waals surface area contributed by atoms with Gasteiger partial charge in [-0.3, -0.25) is 0 Å². The van der Waals surface area contributed by atoms with E-state index in [-0.39, 0.29) is 12.6 Å². The van der Waals surface area contributed by atoms with E-state index in [1.807, 2.05) is 4.90 Å². The molecule has 0 spiro atoms. The molecule has 5 nitrogen and oxygen atoms in total. The Morgan fingerprint density at radius 3 is 3.06 bits per heavy atom. The van der Waals surface area contributed by atoms with Gasteiger partial charge < -0.3 is 20.6 Å². The number of hydrogen-bond acceptors (Lipinski definition) is 3. The molecule has 0 aromatic rings. The van der Waals surface area contributed by atoms with Gasteiger partial charge in [0, 0.05) is 38.8 Å². The topological polar surface area (TPSA) is 64.6 Å². The van der Waals surface area contributed by atoms with Gasteiger partial charge in [0.15, 0.2) is 0 Å². The van der Waals surface area contributed by atoms with Crippen molar-refractivity contribution in [1.82, 2.24) is 15.5 Å². The molecule has 2 atom stereocenters. The zero-order valence-corrected chi connectivity index (χ0v) is 9.61. The number of hydrogen-bond donors (Lipinski definition) is 3. The van der Waals surface area contributed by atoms with Crippen molar-refractivity contribution in [2.75, 3.05) is 32.8 Å². The van der Waals surface area contributed by atoms with Gasteiger partial charge in [-0.2, -0.15) is 0 Å². The van der Waals surface area contributed by atoms with Crippen LogP contribution in [-0.4, -0.2) is 54.9 Å². The predicted octanol–water partition coefficient (Wildman–Crippen LogP) is -0.238. The van der Waals surface area contributed by atoms with Crippen LogP contribution >= 0.6 is 0 Å². The molecule has 0 radical (unpaired) electrons. The Morgan fingerprint density at radius 2 is 2.38 bits per heavy atom. The van der Waals surface area contributed by atoms with E-state index in [1.54, 1.807) is 0 Å². The van der Waals surface area contributed by atoms with Gasteiger partial charge >= 0.3 is 6.03 Å². The van der Waals surface area contributed by atoms with Crippen molar-refractivity contribution >= 4 is 6.03 Å². The van der Waals surface area contributed by atoms with E-state index >= 15 is 0 Å². The highest BCUT2D eigenvalue weighted by molar-refractivity contribution is 5.76. The molecule has 2 unspecified atom stereocenters. The third-order valence-corrected chi connectivity index (χ3v) is 3.63. The quantitative estimate of drug-likeness (QED) is 0.607. The van der Waals surface area contributed by atoms with Crippen molar-refractivity contribution in [3.05, 3.63) is 0 Å². The van der Waals surface area contributed by atoms with Crippen molar-refractivity contribution < 1.29 is 9.90 Å². The number of nitrogens with one attached hydrogen (secondary N) is 2. The van der Waals surface area contributed by atoms with E-state index in [1.165, 1.54) is 6.42 Å². The molecule has 2 amide bonds. The summed E-state index contributed by atoms with van der Waals surface area (Å²) in [5, 5.41) is 15.4. The Labute approximate surface area is 96.2 Å². The molecular weight excluding hydrogens is 206 g/mol. The fourth-order valence-electron chi connectivity index (χ4n) is 2.63. The van der Waals surface area contributed by atoms with Gasteiger partial charge in [0.05, 0.1) is 0 Å². The van der Waals surface area contributed by atoms with Crippen molar-refractivity contribution in [2.24, 2.45) is 5.92 Å². The lowest BCUT2D eigenvalue weighted by Crippen LogP contribution is -2.40. The number of rotatable bonds is 5. The molecule has 1 aliphatic carbocycles. The zero-order valence-electron chi connectivity index (χ0n) is 9.61. The molecule has 0 aromatic carbocycles. The summed E-state index contributed by atoms with van der Waals surface area (Å²) >= 11 is 0. The van der Waals surface area contributed by atoms with Crippen molar-refractivity contribution in [1.29, 1.82) is 0 Å². The molecule has 0 bridgehead atoms. The van der Waals surface area contributed by atoms with E-state index in [9.17, 15) is 9.90 Å². The summed E-state index contributed by atoms with van der Waals surface area (Å²) in [7, 11) is 0. The van der Waals surface area contributed by atoms with Crippen LogP contribution in [0, 0.1) is 5.92 Å². The minimum atomic E-state index is 0.0481. The normalized spacial score (nSPS) is 29.8. The molecular formula is C11H21N3O2. The molecule has 0 aromatic heterocycles. The van der Waals surface area contributed by atoms with Gasteiger partial charge in [0.1, 0.15) is 0 Å². The minimum Gasteiger partial charge on any atom is -0.396 e. The van der Waals surface area contributed by atoms with Crippen LogP contribution in [0.2, 0.25) is 0 Å². The van der Waals surface area contributed by atoms with Gasteiger partial charge in [-0.1, -0.05) is 6.42 Å². The standard InChI is InChI=1S/C11H21N3O2/c15-8-9-2-1-3-10(9)12-4-6-14-7-5-13-11(14)16/h9-10,12,15H,1-8H2,(H,13,16). The maximum absolute atomic E-state index is 11.3. The van der Waals surface area contributed by atoms with Crippen molar-refractivity contribution in [3.63, 3.8) is 0 Å². The molecule has 16 heavy (non-hydrogen) atoms. The number of nitrogens with zero attached hydrogens (tertiary/aromatic N) is 1. The van der Waals surface area contributed by atoms with Crippen LogP contribution < -0.4 is 10.6 Å². The summed E-state index contributed by atoms with van der Waals surface area (Å²) in [6.45, 7) is 3.45. The number of aliphatic hydroxyl groups is 1. The zero-order chi connectivity index (χ0) is 11.4. The SMILES string of the molecule is O=C1NCCN1CCNC1CCCC1CO. The van der Waals surface area contributed by atoms with Crippen LogP contribution in [-0.2, 0) is 0 Å². The maximum Gasteiger partial charge on any atom is 0.317 e. The molecule has 2 rings (SSSR count). The third-order valence-electron chi connectivity index (χ3n) is 3.63. The second-order valence-corrected chi connectivity index (χ2v) is 4.65. The first-order valence-electron chi connectivity index (χ1n) is 6.18. The molecule has 1 saturated carbocycles. The molecule has 3 N–H and O–H groups in total. The first-order chi connectivity index (χ1) is 7.81. The number of urea groups is 1. The summed E-state index contributed by atoms with van der Waals surface area (Å²) in [6.07, 6.45) is 3.48. The van der Waals surface area contributed by atoms with E-state index in [0.717, 1.165) is 39.0 Å². The maximum atomic E-state index is 11.3. The van der Waals surface area contributed by atoms with Crippen LogP contribution in [0.4, 0.5) is 4.79 Å². The Bertz CT molecular complexity index is 247. The average Bonchev–Trinajstić information content (AvgIpc) is 2.88. The second-order valence-electron chi connectivity index (χ2n) is 4.65. The highest BCUT2D eigenvalue weighted by Gasteiger charge is 2.26. The smallest absolute Gasteiger partial charge is 0.317 e. The first kappa shape index (κ1) is 11.7. The van der Waals surface area contributed by atoms with Gasteiger partial charge in [-0.15, -0.1) is 0 Å². The highest BCUT2D eigenvalue weighted by Crippen LogP contribution is 2.24. The van der Waals surface area contributed by atoms with Crippen molar-refractivity contribution in [2.45, 2.75) is 25.3 Å². The highest BCUT2D eigenvalue weighted by atomic mass is 16.3. The van der Waals surface area contributed by atoms with E-state index in [2.05, 4.69) is 10.6 Å². The number of carbonyl (C=O) groups is 1. The summed E-state index contributed by atoms with van der Waals surface area (Å²) < 4.78 is 0. The average molecular weight is 227 g/mol. The molecule has 2 fully saturated rings. The van der Waals surface area contributed by atoms with Gasteiger partial charge in [-0.25, -0.2) is 4.79 Å². The van der Waals surface area contributed by atoms with E-state index in [4.69, 9.17) is 0 Å². The van der Waals surface area contributed by atoms with Crippen LogP contribution in [0.5, 0.6) is 0 Å². The number of aliphatic hydroxyl groups excluding tert-OH is 1. The molecule has 1 saturated heterocycles. The van der Waals surface area contributed by atoms with Crippen LogP contribution in [0.3, 0.4) is 0 Å². The molecule has 92 valence electrons. The summed E-state index contributed by atoms with van der Waals surface area (Å²) in [5.74, 6) is 0.410. The van der Waals surface area contributed by atoms with Gasteiger partial charge in [0.2, 0.25) is 0 Å². The lowest BCUT2D eigenvalue weighted by molar-refractivity contribution is 0.199. The Balaban J connectivity index is 1.65. The van der Waals surface area contributed by atoms with Crippen molar-refractivity contribution in [3.8, 4) is 0 Å². The first-order valence-corrected chi connectivity index (χ1v) is 6.18. The Kier molecular flexibility index (Phi) is 4.01. The summed E-state index contributed by atoms with van der Waals surface area (Å²) in [6, 6.07) is 0.489. The summed E-state index contributed by atoms with van der Waals surface area (Å²) in [4.78, 5) is 13.1. The number of carbonyl (C=O) groups excluding carboxylic acids is 1. The second kappa shape index (κ2) is 5.50. The molecule has 5 heteroatoms. The molecule has 1 aliphatic heterocycles. The van der Waals surface area contributed by atoms with Gasteiger partial charge in [0.25, 0.3) is 0 Å². The fourth-order valence-corrected chi connectivity index (χ4v) is 2.63. The third kappa shape index (κ3) is 2.65. The number of amides is 2. The Morgan fingerprint density at radius 1 is 1.50 bits per heavy atom. The van der Waals surface area contributed by atoms with Crippen LogP contribution in [0.25, 0.3) is 0 Å². The Hall–Kier alpha value is -0.810. The molecule has 2 aliphatic rings. The van der Waals surface area contributed by atoms with E-state index in [0.29, 0.717) is 12.0 Å². The molecule has 1 heterocycles. The van der Waals surface area contributed by atoms with E-state index < -0.39 is 0 Å². The minimum absolute atomic E-state index is 0.0481. The summed E-state index contributed by atoms with van der Waals surface area (Å²) in [5.41, 5.74) is 0. The van der Waals surface area contributed by atoms with Crippen LogP contribution in [0.1, 0.15) is 19.3 Å². The lowest BCUT2D eigenvalue weighted by Gasteiger charge is -2.21. The predicted molar refractivity (Wildman–Crippen MR) is 61.2 cm³/mol. The fraction of sp³-hybridized carbons (Fsp3) is 0.909. The lowest BCUT2D eigenvalue weighted by atomic mass is 10.1.